The van der Waals surface area contributed by atoms with Crippen LogP contribution >= 0.6 is 0 Å². The number of hydrogen-bond acceptors (Lipinski definition) is 4. The fourth-order valence-corrected chi connectivity index (χ4v) is 4.86. The summed E-state index contributed by atoms with van der Waals surface area (Å²) in [5, 5.41) is 20.3. The molecule has 0 radical (unpaired) electrons. The Labute approximate surface area is 107 Å². The molecule has 3 fully saturated rings. The normalized spacial score (nSPS) is 59.1. The molecule has 0 aromatic rings. The Morgan fingerprint density at radius 3 is 2.72 bits per heavy atom. The van der Waals surface area contributed by atoms with Gasteiger partial charge in [0.15, 0.2) is 5.79 Å². The average Bonchev–Trinajstić information content (AvgIpc) is 2.99. The van der Waals surface area contributed by atoms with Crippen molar-refractivity contribution in [2.24, 2.45) is 23.2 Å². The van der Waals surface area contributed by atoms with Crippen molar-refractivity contribution in [3.05, 3.63) is 12.2 Å². The number of ether oxygens (including phenoxy) is 2. The average molecular weight is 252 g/mol. The molecule has 0 aromatic carbocycles. The molecule has 4 unspecified atom stereocenters. The Hall–Kier alpha value is -0.420. The number of hydrogen-bond donors (Lipinski definition) is 2. The van der Waals surface area contributed by atoms with E-state index in [4.69, 9.17) is 9.47 Å². The lowest BCUT2D eigenvalue weighted by Gasteiger charge is -2.35. The second kappa shape index (κ2) is 3.18. The lowest BCUT2D eigenvalue weighted by Crippen LogP contribution is -2.38. The molecule has 4 rings (SSSR count). The zero-order chi connectivity index (χ0) is 12.7. The first-order chi connectivity index (χ1) is 8.47. The Morgan fingerprint density at radius 1 is 1.28 bits per heavy atom. The van der Waals surface area contributed by atoms with Gasteiger partial charge >= 0.3 is 0 Å². The van der Waals surface area contributed by atoms with Crippen LogP contribution in [0.25, 0.3) is 0 Å². The largest absolute Gasteiger partial charge is 0.395 e. The van der Waals surface area contributed by atoms with Gasteiger partial charge in [0.05, 0.1) is 18.8 Å². The van der Waals surface area contributed by atoms with E-state index in [0.29, 0.717) is 5.92 Å². The van der Waals surface area contributed by atoms with E-state index in [1.165, 1.54) is 0 Å². The minimum atomic E-state index is -0.622. The molecule has 7 atom stereocenters. The molecule has 2 bridgehead atoms. The highest BCUT2D eigenvalue weighted by atomic mass is 16.8. The predicted octanol–water partition coefficient (Wildman–Crippen LogP) is 0.682. The van der Waals surface area contributed by atoms with Crippen molar-refractivity contribution >= 4 is 0 Å². The number of allylic oxidation sites excluding steroid dienone is 1. The summed E-state index contributed by atoms with van der Waals surface area (Å²) in [4.78, 5) is 0. The van der Waals surface area contributed by atoms with Crippen LogP contribution in [-0.4, -0.2) is 40.9 Å². The third-order valence-corrected chi connectivity index (χ3v) is 5.41. The highest BCUT2D eigenvalue weighted by Gasteiger charge is 2.69. The van der Waals surface area contributed by atoms with Gasteiger partial charge < -0.3 is 19.7 Å². The van der Waals surface area contributed by atoms with Crippen LogP contribution in [0.5, 0.6) is 0 Å². The molecular formula is C14H20O4. The van der Waals surface area contributed by atoms with Crippen LogP contribution < -0.4 is 0 Å². The van der Waals surface area contributed by atoms with Gasteiger partial charge in [0, 0.05) is 17.3 Å². The molecule has 1 heterocycles. The first-order valence-electron chi connectivity index (χ1n) is 6.81. The molecule has 18 heavy (non-hydrogen) atoms. The van der Waals surface area contributed by atoms with Crippen LogP contribution in [0.2, 0.25) is 0 Å². The summed E-state index contributed by atoms with van der Waals surface area (Å²) in [5.74, 6) is 0.134. The summed E-state index contributed by atoms with van der Waals surface area (Å²) in [7, 11) is 0. The van der Waals surface area contributed by atoms with Crippen molar-refractivity contribution < 1.29 is 19.7 Å². The number of rotatable bonds is 1. The van der Waals surface area contributed by atoms with E-state index in [2.05, 4.69) is 12.2 Å². The smallest absolute Gasteiger partial charge is 0.163 e. The number of fused-ring (bicyclic) bond motifs is 7. The molecule has 0 amide bonds. The third kappa shape index (κ3) is 1.15. The van der Waals surface area contributed by atoms with Crippen molar-refractivity contribution in [2.75, 3.05) is 6.61 Å². The van der Waals surface area contributed by atoms with Gasteiger partial charge in [-0.2, -0.15) is 0 Å². The molecule has 4 nitrogen and oxygen atoms in total. The summed E-state index contributed by atoms with van der Waals surface area (Å²) < 4.78 is 11.9. The molecule has 2 N–H and O–H groups in total. The quantitative estimate of drug-likeness (QED) is 0.674. The minimum Gasteiger partial charge on any atom is -0.395 e. The van der Waals surface area contributed by atoms with Gasteiger partial charge in [0.2, 0.25) is 0 Å². The second-order valence-electron chi connectivity index (χ2n) is 6.78. The van der Waals surface area contributed by atoms with E-state index in [0.717, 1.165) is 6.42 Å². The molecule has 1 saturated heterocycles. The topological polar surface area (TPSA) is 58.9 Å². The summed E-state index contributed by atoms with van der Waals surface area (Å²) in [6.07, 6.45) is 4.47. The molecule has 4 aliphatic rings. The maximum Gasteiger partial charge on any atom is 0.163 e. The van der Waals surface area contributed by atoms with Gasteiger partial charge in [-0.15, -0.1) is 0 Å². The van der Waals surface area contributed by atoms with Crippen molar-refractivity contribution in [1.82, 2.24) is 0 Å². The maximum absolute atomic E-state index is 10.5. The van der Waals surface area contributed by atoms with Crippen LogP contribution in [0.3, 0.4) is 0 Å². The third-order valence-electron chi connectivity index (χ3n) is 5.41. The summed E-state index contributed by atoms with van der Waals surface area (Å²) in [5.41, 5.74) is -0.195. The van der Waals surface area contributed by atoms with Crippen molar-refractivity contribution in [3.8, 4) is 0 Å². The molecule has 0 aromatic heterocycles. The van der Waals surface area contributed by atoms with Crippen LogP contribution in [0.4, 0.5) is 0 Å². The van der Waals surface area contributed by atoms with Crippen molar-refractivity contribution in [2.45, 2.75) is 44.4 Å². The fourth-order valence-electron chi connectivity index (χ4n) is 4.86. The Balaban J connectivity index is 1.75. The summed E-state index contributed by atoms with van der Waals surface area (Å²) >= 11 is 0. The zero-order valence-corrected chi connectivity index (χ0v) is 10.7. The van der Waals surface area contributed by atoms with Crippen LogP contribution in [0.15, 0.2) is 12.2 Å². The molecule has 100 valence electrons. The standard InChI is InChI=1S/C14H20O4/c1-13(2)17-11-9-8(10(16)12(11)18-13)7-3-4-14(9,5-7)6-15/h3-4,7-12,15-16H,5-6H2,1-2H3/t7?,8?,9?,10?,11-,12+,14-/m1/s1. The fraction of sp³-hybridized carbons (Fsp3) is 0.857. The Morgan fingerprint density at radius 2 is 2.00 bits per heavy atom. The van der Waals surface area contributed by atoms with E-state index in [1.54, 1.807) is 0 Å². The Kier molecular flexibility index (Phi) is 2.02. The van der Waals surface area contributed by atoms with Gasteiger partial charge in [-0.3, -0.25) is 0 Å². The number of aliphatic hydroxyl groups excluding tert-OH is 2. The predicted molar refractivity (Wildman–Crippen MR) is 63.6 cm³/mol. The van der Waals surface area contributed by atoms with E-state index in [-0.39, 0.29) is 36.1 Å². The van der Waals surface area contributed by atoms with E-state index in [9.17, 15) is 10.2 Å². The van der Waals surface area contributed by atoms with Crippen molar-refractivity contribution in [3.63, 3.8) is 0 Å². The maximum atomic E-state index is 10.5. The van der Waals surface area contributed by atoms with Gasteiger partial charge in [-0.25, -0.2) is 0 Å². The first kappa shape index (κ1) is 11.4. The SMILES string of the molecule is CC1(C)O[C@@H]2C3C(C4C=C[C@]3(CO)C4)C(O)[C@@H]2O1. The lowest BCUT2D eigenvalue weighted by molar-refractivity contribution is -0.177. The van der Waals surface area contributed by atoms with Gasteiger partial charge in [-0.05, 0) is 26.2 Å². The van der Waals surface area contributed by atoms with Gasteiger partial charge in [0.25, 0.3) is 0 Å². The molecule has 2 saturated carbocycles. The number of aliphatic hydroxyl groups is 2. The minimum absolute atomic E-state index is 0.0814. The highest BCUT2D eigenvalue weighted by molar-refractivity contribution is 5.28. The summed E-state index contributed by atoms with van der Waals surface area (Å²) in [6.45, 7) is 3.92. The highest BCUT2D eigenvalue weighted by Crippen LogP contribution is 2.64. The molecule has 1 aliphatic heterocycles. The van der Waals surface area contributed by atoms with Crippen LogP contribution in [0.1, 0.15) is 20.3 Å². The zero-order valence-electron chi connectivity index (χ0n) is 10.7. The van der Waals surface area contributed by atoms with Gasteiger partial charge in [0.1, 0.15) is 6.10 Å². The second-order valence-corrected chi connectivity index (χ2v) is 6.78. The molecule has 4 heteroatoms. The van der Waals surface area contributed by atoms with Crippen LogP contribution in [0, 0.1) is 23.2 Å². The van der Waals surface area contributed by atoms with Crippen LogP contribution in [-0.2, 0) is 9.47 Å². The van der Waals surface area contributed by atoms with E-state index in [1.807, 2.05) is 13.8 Å². The monoisotopic (exact) mass is 252 g/mol. The Bertz CT molecular complexity index is 418. The molecular weight excluding hydrogens is 232 g/mol. The lowest BCUT2D eigenvalue weighted by atomic mass is 9.74. The van der Waals surface area contributed by atoms with E-state index < -0.39 is 11.9 Å². The van der Waals surface area contributed by atoms with Gasteiger partial charge in [-0.1, -0.05) is 12.2 Å². The van der Waals surface area contributed by atoms with Crippen molar-refractivity contribution in [1.29, 1.82) is 0 Å². The molecule has 3 aliphatic carbocycles. The molecule has 0 spiro atoms. The van der Waals surface area contributed by atoms with E-state index >= 15 is 0 Å². The summed E-state index contributed by atoms with van der Waals surface area (Å²) in [6, 6.07) is 0. The first-order valence-corrected chi connectivity index (χ1v) is 6.81.